The number of halogens is 1. The van der Waals surface area contributed by atoms with Gasteiger partial charge in [0.1, 0.15) is 10.8 Å². The van der Waals surface area contributed by atoms with Crippen molar-refractivity contribution in [1.82, 2.24) is 9.88 Å². The van der Waals surface area contributed by atoms with Crippen LogP contribution in [0, 0.1) is 5.82 Å². The van der Waals surface area contributed by atoms with E-state index in [1.54, 1.807) is 35.4 Å². The van der Waals surface area contributed by atoms with E-state index in [4.69, 9.17) is 0 Å². The Hall–Kier alpha value is -2.53. The minimum absolute atomic E-state index is 0.00564. The molecule has 3 aromatic rings. The molecule has 0 aliphatic rings. The quantitative estimate of drug-likeness (QED) is 0.606. The Morgan fingerprint density at radius 2 is 1.85 bits per heavy atom. The highest BCUT2D eigenvalue weighted by Crippen LogP contribution is 2.26. The zero-order valence-corrected chi connectivity index (χ0v) is 15.7. The van der Waals surface area contributed by atoms with Crippen molar-refractivity contribution in [1.29, 1.82) is 0 Å². The van der Waals surface area contributed by atoms with Crippen molar-refractivity contribution in [2.45, 2.75) is 25.8 Å². The van der Waals surface area contributed by atoms with Crippen molar-refractivity contribution in [3.63, 3.8) is 0 Å². The molecule has 1 amide bonds. The molecule has 3 nitrogen and oxygen atoms in total. The summed E-state index contributed by atoms with van der Waals surface area (Å²) in [5, 5.41) is 2.86. The predicted octanol–water partition coefficient (Wildman–Crippen LogP) is 5.10. The van der Waals surface area contributed by atoms with Gasteiger partial charge in [-0.1, -0.05) is 49.4 Å². The second-order valence-corrected chi connectivity index (χ2v) is 7.03. The van der Waals surface area contributed by atoms with Gasteiger partial charge in [-0.3, -0.25) is 4.79 Å². The van der Waals surface area contributed by atoms with Crippen LogP contribution in [0.15, 0.2) is 60.0 Å². The van der Waals surface area contributed by atoms with Gasteiger partial charge >= 0.3 is 0 Å². The molecular weight excluding hydrogens is 347 g/mol. The number of thiazole rings is 1. The summed E-state index contributed by atoms with van der Waals surface area (Å²) >= 11 is 1.54. The summed E-state index contributed by atoms with van der Waals surface area (Å²) < 4.78 is 13.2. The largest absolute Gasteiger partial charge is 0.338 e. The van der Waals surface area contributed by atoms with E-state index in [9.17, 15) is 9.18 Å². The second-order valence-electron chi connectivity index (χ2n) is 6.17. The SMILES string of the molecule is CCC(c1ccc(F)cc1)N(C)C(=O)Cc1csc(-c2ccccc2)n1. The van der Waals surface area contributed by atoms with Crippen LogP contribution < -0.4 is 0 Å². The summed E-state index contributed by atoms with van der Waals surface area (Å²) in [6.07, 6.45) is 1.03. The molecule has 1 heterocycles. The maximum absolute atomic E-state index is 13.2. The van der Waals surface area contributed by atoms with Crippen LogP contribution in [0.4, 0.5) is 4.39 Å². The number of nitrogens with zero attached hydrogens (tertiary/aromatic N) is 2. The van der Waals surface area contributed by atoms with E-state index < -0.39 is 0 Å². The summed E-state index contributed by atoms with van der Waals surface area (Å²) in [7, 11) is 1.80. The highest BCUT2D eigenvalue weighted by molar-refractivity contribution is 7.13. The fourth-order valence-corrected chi connectivity index (χ4v) is 3.80. The molecule has 0 bridgehead atoms. The summed E-state index contributed by atoms with van der Waals surface area (Å²) in [5.41, 5.74) is 2.77. The molecular formula is C21H21FN2OS. The zero-order valence-electron chi connectivity index (χ0n) is 14.9. The maximum Gasteiger partial charge on any atom is 0.228 e. The van der Waals surface area contributed by atoms with Crippen LogP contribution in [0.3, 0.4) is 0 Å². The molecule has 0 saturated carbocycles. The standard InChI is InChI=1S/C21H21FN2OS/c1-3-19(15-9-11-17(22)12-10-15)24(2)20(25)13-18-14-26-21(23-18)16-7-5-4-6-8-16/h4-12,14,19H,3,13H2,1-2H3. The van der Waals surface area contributed by atoms with Crippen molar-refractivity contribution < 1.29 is 9.18 Å². The van der Waals surface area contributed by atoms with Crippen LogP contribution in [0.1, 0.15) is 30.6 Å². The highest BCUT2D eigenvalue weighted by atomic mass is 32.1. The van der Waals surface area contributed by atoms with Crippen LogP contribution in [0.2, 0.25) is 0 Å². The number of benzene rings is 2. The van der Waals surface area contributed by atoms with Crippen molar-refractivity contribution in [3.05, 3.63) is 77.1 Å². The van der Waals surface area contributed by atoms with Crippen molar-refractivity contribution >= 4 is 17.2 Å². The van der Waals surface area contributed by atoms with E-state index in [2.05, 4.69) is 4.98 Å². The topological polar surface area (TPSA) is 33.2 Å². The zero-order chi connectivity index (χ0) is 18.5. The fraction of sp³-hybridized carbons (Fsp3) is 0.238. The average molecular weight is 368 g/mol. The number of aromatic nitrogens is 1. The molecule has 1 unspecified atom stereocenters. The summed E-state index contributed by atoms with van der Waals surface area (Å²) in [5.74, 6) is -0.264. The Kier molecular flexibility index (Phi) is 5.78. The Morgan fingerprint density at radius 3 is 2.50 bits per heavy atom. The molecule has 26 heavy (non-hydrogen) atoms. The average Bonchev–Trinajstić information content (AvgIpc) is 3.13. The second kappa shape index (κ2) is 8.23. The molecule has 0 aliphatic heterocycles. The molecule has 1 atom stereocenters. The molecule has 0 radical (unpaired) electrons. The van der Waals surface area contributed by atoms with Crippen LogP contribution >= 0.6 is 11.3 Å². The molecule has 2 aromatic carbocycles. The van der Waals surface area contributed by atoms with Gasteiger partial charge in [0.05, 0.1) is 18.2 Å². The molecule has 0 saturated heterocycles. The minimum atomic E-state index is -0.270. The first-order valence-electron chi connectivity index (χ1n) is 8.59. The number of amides is 1. The Bertz CT molecular complexity index is 861. The van der Waals surface area contributed by atoms with Crippen LogP contribution in [-0.4, -0.2) is 22.8 Å². The van der Waals surface area contributed by atoms with E-state index >= 15 is 0 Å². The van der Waals surface area contributed by atoms with E-state index in [0.717, 1.165) is 28.2 Å². The van der Waals surface area contributed by atoms with E-state index in [1.807, 2.05) is 42.6 Å². The third kappa shape index (κ3) is 4.17. The Labute approximate surface area is 157 Å². The lowest BCUT2D eigenvalue weighted by Gasteiger charge is -2.27. The third-order valence-corrected chi connectivity index (χ3v) is 5.35. The first kappa shape index (κ1) is 18.3. The van der Waals surface area contributed by atoms with Gasteiger partial charge in [-0.05, 0) is 24.1 Å². The summed E-state index contributed by atoms with van der Waals surface area (Å²) in [6, 6.07) is 16.2. The lowest BCUT2D eigenvalue weighted by atomic mass is 10.0. The lowest BCUT2D eigenvalue weighted by Crippen LogP contribution is -2.32. The van der Waals surface area contributed by atoms with Crippen LogP contribution in [0.5, 0.6) is 0 Å². The van der Waals surface area contributed by atoms with Crippen molar-refractivity contribution in [2.75, 3.05) is 7.05 Å². The Balaban J connectivity index is 1.70. The smallest absolute Gasteiger partial charge is 0.228 e. The van der Waals surface area contributed by atoms with Gasteiger partial charge in [-0.25, -0.2) is 9.37 Å². The molecule has 1 aromatic heterocycles. The normalized spacial score (nSPS) is 12.0. The molecule has 5 heteroatoms. The number of hydrogen-bond acceptors (Lipinski definition) is 3. The van der Waals surface area contributed by atoms with E-state index in [0.29, 0.717) is 0 Å². The highest BCUT2D eigenvalue weighted by Gasteiger charge is 2.21. The minimum Gasteiger partial charge on any atom is -0.338 e. The summed E-state index contributed by atoms with van der Waals surface area (Å²) in [6.45, 7) is 2.02. The van der Waals surface area contributed by atoms with Gasteiger partial charge in [-0.2, -0.15) is 0 Å². The number of carbonyl (C=O) groups is 1. The number of likely N-dealkylation sites (N-methyl/N-ethyl adjacent to an activating group) is 1. The van der Waals surface area contributed by atoms with Crippen LogP contribution in [0.25, 0.3) is 10.6 Å². The molecule has 0 N–H and O–H groups in total. The molecule has 3 rings (SSSR count). The summed E-state index contributed by atoms with van der Waals surface area (Å²) in [4.78, 5) is 19.0. The number of hydrogen-bond donors (Lipinski definition) is 0. The number of carbonyl (C=O) groups excluding carboxylic acids is 1. The maximum atomic E-state index is 13.2. The van der Waals surface area contributed by atoms with E-state index in [1.165, 1.54) is 12.1 Å². The molecule has 134 valence electrons. The van der Waals surface area contributed by atoms with Gasteiger partial charge in [0, 0.05) is 18.0 Å². The molecule has 0 fully saturated rings. The van der Waals surface area contributed by atoms with Crippen LogP contribution in [-0.2, 0) is 11.2 Å². The Morgan fingerprint density at radius 1 is 1.15 bits per heavy atom. The molecule has 0 spiro atoms. The predicted molar refractivity (Wildman–Crippen MR) is 103 cm³/mol. The van der Waals surface area contributed by atoms with Gasteiger partial charge in [0.15, 0.2) is 0 Å². The monoisotopic (exact) mass is 368 g/mol. The van der Waals surface area contributed by atoms with Gasteiger partial charge in [-0.15, -0.1) is 11.3 Å². The van der Waals surface area contributed by atoms with Gasteiger partial charge < -0.3 is 4.90 Å². The first-order valence-corrected chi connectivity index (χ1v) is 9.47. The molecule has 0 aliphatic carbocycles. The third-order valence-electron chi connectivity index (χ3n) is 4.41. The van der Waals surface area contributed by atoms with Crippen molar-refractivity contribution in [3.8, 4) is 10.6 Å². The lowest BCUT2D eigenvalue weighted by molar-refractivity contribution is -0.131. The fourth-order valence-electron chi connectivity index (χ4n) is 2.97. The van der Waals surface area contributed by atoms with E-state index in [-0.39, 0.29) is 24.2 Å². The van der Waals surface area contributed by atoms with Gasteiger partial charge in [0.25, 0.3) is 0 Å². The van der Waals surface area contributed by atoms with Crippen molar-refractivity contribution in [2.24, 2.45) is 0 Å². The number of rotatable bonds is 6. The first-order chi connectivity index (χ1) is 12.6. The van der Waals surface area contributed by atoms with Gasteiger partial charge in [0.2, 0.25) is 5.91 Å².